The average Bonchev–Trinajstić information content (AvgIpc) is 2.39. The molecular weight excluding hydrogens is 262 g/mol. The van der Waals surface area contributed by atoms with E-state index in [0.717, 1.165) is 16.8 Å². The van der Waals surface area contributed by atoms with Crippen LogP contribution in [0.1, 0.15) is 21.5 Å². The lowest BCUT2D eigenvalue weighted by molar-refractivity contribution is 0.0696. The van der Waals surface area contributed by atoms with Gasteiger partial charge in [0, 0.05) is 17.3 Å². The van der Waals surface area contributed by atoms with E-state index in [1.165, 1.54) is 0 Å². The molecule has 0 heterocycles. The van der Waals surface area contributed by atoms with Crippen LogP contribution in [0, 0.1) is 6.92 Å². The maximum absolute atomic E-state index is 11.1. The molecule has 0 atom stereocenters. The van der Waals surface area contributed by atoms with E-state index < -0.39 is 5.97 Å². The Labute approximate surface area is 116 Å². The number of aromatic carboxylic acids is 1. The molecule has 0 aromatic heterocycles. The second-order valence-electron chi connectivity index (χ2n) is 4.23. The highest BCUT2D eigenvalue weighted by Crippen LogP contribution is 2.21. The zero-order valence-corrected chi connectivity index (χ0v) is 11.2. The normalized spacial score (nSPS) is 10.2. The summed E-state index contributed by atoms with van der Waals surface area (Å²) < 4.78 is 0. The molecule has 0 aliphatic heterocycles. The Bertz CT molecular complexity index is 611. The molecule has 3 nitrogen and oxygen atoms in total. The largest absolute Gasteiger partial charge is 0.478 e. The Kier molecular flexibility index (Phi) is 4.07. The summed E-state index contributed by atoms with van der Waals surface area (Å²) in [4.78, 5) is 11.1. The fourth-order valence-electron chi connectivity index (χ4n) is 1.89. The summed E-state index contributed by atoms with van der Waals surface area (Å²) in [6.45, 7) is 2.35. The van der Waals surface area contributed by atoms with Crippen LogP contribution < -0.4 is 5.32 Å². The second-order valence-corrected chi connectivity index (χ2v) is 4.64. The lowest BCUT2D eigenvalue weighted by Gasteiger charge is -2.12. The molecule has 0 spiro atoms. The third-order valence-electron chi connectivity index (χ3n) is 2.99. The Hall–Kier alpha value is -2.00. The van der Waals surface area contributed by atoms with E-state index in [1.807, 2.05) is 30.3 Å². The predicted octanol–water partition coefficient (Wildman–Crippen LogP) is 3.96. The zero-order chi connectivity index (χ0) is 13.8. The van der Waals surface area contributed by atoms with Gasteiger partial charge in [0.2, 0.25) is 0 Å². The van der Waals surface area contributed by atoms with Crippen LogP contribution in [0.5, 0.6) is 0 Å². The Morgan fingerprint density at radius 2 is 1.95 bits per heavy atom. The highest BCUT2D eigenvalue weighted by molar-refractivity contribution is 6.31. The monoisotopic (exact) mass is 275 g/mol. The molecule has 0 amide bonds. The van der Waals surface area contributed by atoms with Crippen molar-refractivity contribution in [3.63, 3.8) is 0 Å². The first-order valence-corrected chi connectivity index (χ1v) is 6.27. The molecule has 2 aromatic carbocycles. The smallest absolute Gasteiger partial charge is 0.336 e. The van der Waals surface area contributed by atoms with Crippen molar-refractivity contribution in [3.8, 4) is 0 Å². The zero-order valence-electron chi connectivity index (χ0n) is 10.5. The van der Waals surface area contributed by atoms with Gasteiger partial charge in [0.1, 0.15) is 0 Å². The van der Waals surface area contributed by atoms with Gasteiger partial charge in [-0.25, -0.2) is 4.79 Å². The number of anilines is 1. The third-order valence-corrected chi connectivity index (χ3v) is 3.36. The van der Waals surface area contributed by atoms with Gasteiger partial charge in [-0.1, -0.05) is 35.9 Å². The van der Waals surface area contributed by atoms with E-state index in [4.69, 9.17) is 16.7 Å². The summed E-state index contributed by atoms with van der Waals surface area (Å²) in [6.07, 6.45) is 0. The average molecular weight is 276 g/mol. The molecule has 0 saturated carbocycles. The molecular formula is C15H14ClNO2. The van der Waals surface area contributed by atoms with Gasteiger partial charge in [-0.15, -0.1) is 0 Å². The van der Waals surface area contributed by atoms with Crippen LogP contribution in [0.2, 0.25) is 5.02 Å². The molecule has 0 aliphatic carbocycles. The standard InChI is InChI=1S/C15H14ClNO2/c1-10-12(15(18)19)6-4-8-14(10)17-9-11-5-2-3-7-13(11)16/h2-8,17H,9H2,1H3,(H,18,19). The van der Waals surface area contributed by atoms with Crippen LogP contribution in [0.3, 0.4) is 0 Å². The number of hydrogen-bond acceptors (Lipinski definition) is 2. The molecule has 19 heavy (non-hydrogen) atoms. The first-order valence-electron chi connectivity index (χ1n) is 5.90. The topological polar surface area (TPSA) is 49.3 Å². The van der Waals surface area contributed by atoms with Crippen molar-refractivity contribution < 1.29 is 9.90 Å². The summed E-state index contributed by atoms with van der Waals surface area (Å²) in [5.74, 6) is -0.918. The number of hydrogen-bond donors (Lipinski definition) is 2. The highest BCUT2D eigenvalue weighted by atomic mass is 35.5. The Balaban J connectivity index is 2.19. The van der Waals surface area contributed by atoms with Gasteiger partial charge in [0.15, 0.2) is 0 Å². The van der Waals surface area contributed by atoms with Crippen molar-refractivity contribution in [2.75, 3.05) is 5.32 Å². The number of nitrogens with one attached hydrogen (secondary N) is 1. The molecule has 0 aliphatic rings. The maximum atomic E-state index is 11.1. The van der Waals surface area contributed by atoms with Crippen LogP contribution in [0.15, 0.2) is 42.5 Å². The molecule has 2 rings (SSSR count). The molecule has 0 radical (unpaired) electrons. The lowest BCUT2D eigenvalue weighted by atomic mass is 10.1. The number of rotatable bonds is 4. The van der Waals surface area contributed by atoms with E-state index in [1.54, 1.807) is 19.1 Å². The van der Waals surface area contributed by atoms with E-state index in [9.17, 15) is 4.79 Å². The van der Waals surface area contributed by atoms with Gasteiger partial charge < -0.3 is 10.4 Å². The lowest BCUT2D eigenvalue weighted by Crippen LogP contribution is -2.06. The number of carboxylic acid groups (broad SMARTS) is 1. The molecule has 2 N–H and O–H groups in total. The SMILES string of the molecule is Cc1c(NCc2ccccc2Cl)cccc1C(=O)O. The van der Waals surface area contributed by atoms with Crippen molar-refractivity contribution in [2.45, 2.75) is 13.5 Å². The van der Waals surface area contributed by atoms with E-state index >= 15 is 0 Å². The van der Waals surface area contributed by atoms with Gasteiger partial charge in [0.05, 0.1) is 5.56 Å². The minimum absolute atomic E-state index is 0.309. The molecule has 0 fully saturated rings. The highest BCUT2D eigenvalue weighted by Gasteiger charge is 2.09. The summed E-state index contributed by atoms with van der Waals surface area (Å²) in [6, 6.07) is 12.7. The van der Waals surface area contributed by atoms with Gasteiger partial charge in [0.25, 0.3) is 0 Å². The second kappa shape index (κ2) is 5.76. The Morgan fingerprint density at radius 3 is 2.63 bits per heavy atom. The van der Waals surface area contributed by atoms with Crippen molar-refractivity contribution in [1.82, 2.24) is 0 Å². The molecule has 0 bridgehead atoms. The van der Waals surface area contributed by atoms with Crippen molar-refractivity contribution in [1.29, 1.82) is 0 Å². The summed E-state index contributed by atoms with van der Waals surface area (Å²) in [7, 11) is 0. The third kappa shape index (κ3) is 3.06. The first kappa shape index (κ1) is 13.4. The quantitative estimate of drug-likeness (QED) is 0.888. The van der Waals surface area contributed by atoms with Crippen molar-refractivity contribution in [3.05, 3.63) is 64.2 Å². The minimum Gasteiger partial charge on any atom is -0.478 e. The number of carbonyl (C=O) groups is 1. The van der Waals surface area contributed by atoms with Crippen LogP contribution in [-0.2, 0) is 6.54 Å². The fraction of sp³-hybridized carbons (Fsp3) is 0.133. The number of carboxylic acids is 1. The van der Waals surface area contributed by atoms with Gasteiger partial charge in [-0.05, 0) is 36.2 Å². The van der Waals surface area contributed by atoms with E-state index in [0.29, 0.717) is 17.1 Å². The molecule has 2 aromatic rings. The van der Waals surface area contributed by atoms with Crippen LogP contribution in [0.25, 0.3) is 0 Å². The van der Waals surface area contributed by atoms with Crippen molar-refractivity contribution in [2.24, 2.45) is 0 Å². The number of halogens is 1. The van der Waals surface area contributed by atoms with Crippen LogP contribution in [-0.4, -0.2) is 11.1 Å². The molecule has 4 heteroatoms. The number of benzene rings is 2. The molecule has 98 valence electrons. The van der Waals surface area contributed by atoms with E-state index in [-0.39, 0.29) is 0 Å². The van der Waals surface area contributed by atoms with Crippen molar-refractivity contribution >= 4 is 23.3 Å². The van der Waals surface area contributed by atoms with Crippen LogP contribution >= 0.6 is 11.6 Å². The summed E-state index contributed by atoms with van der Waals surface area (Å²) in [5.41, 5.74) is 2.82. The summed E-state index contributed by atoms with van der Waals surface area (Å²) in [5, 5.41) is 13.0. The van der Waals surface area contributed by atoms with Crippen LogP contribution in [0.4, 0.5) is 5.69 Å². The van der Waals surface area contributed by atoms with Gasteiger partial charge in [-0.3, -0.25) is 0 Å². The van der Waals surface area contributed by atoms with E-state index in [2.05, 4.69) is 5.32 Å². The predicted molar refractivity (Wildman–Crippen MR) is 76.9 cm³/mol. The minimum atomic E-state index is -0.918. The summed E-state index contributed by atoms with van der Waals surface area (Å²) >= 11 is 6.08. The Morgan fingerprint density at radius 1 is 1.21 bits per heavy atom. The molecule has 0 unspecified atom stereocenters. The fourth-order valence-corrected chi connectivity index (χ4v) is 2.09. The van der Waals surface area contributed by atoms with Gasteiger partial charge >= 0.3 is 5.97 Å². The maximum Gasteiger partial charge on any atom is 0.336 e. The first-order chi connectivity index (χ1) is 9.09. The molecule has 0 saturated heterocycles. The van der Waals surface area contributed by atoms with Gasteiger partial charge in [-0.2, -0.15) is 0 Å².